The third-order valence-corrected chi connectivity index (χ3v) is 4.32. The lowest BCUT2D eigenvalue weighted by Crippen LogP contribution is -2.06. The quantitative estimate of drug-likeness (QED) is 0.650. The zero-order valence-electron chi connectivity index (χ0n) is 12.9. The molecule has 3 aromatic rings. The molecular weight excluding hydrogens is 348 g/mol. The van der Waals surface area contributed by atoms with E-state index >= 15 is 0 Å². The molecule has 0 unspecified atom stereocenters. The number of rotatable bonds is 5. The van der Waals surface area contributed by atoms with Gasteiger partial charge in [0.1, 0.15) is 0 Å². The average Bonchev–Trinajstić information content (AvgIpc) is 2.54. The average molecular weight is 363 g/mol. The minimum Gasteiger partial charge on any atom is -0.270 e. The highest BCUT2D eigenvalue weighted by Gasteiger charge is 2.05. The van der Waals surface area contributed by atoms with Crippen molar-refractivity contribution in [3.8, 4) is 11.3 Å². The lowest BCUT2D eigenvalue weighted by molar-refractivity contribution is 0.326. The predicted molar refractivity (Wildman–Crippen MR) is 94.5 cm³/mol. The van der Waals surface area contributed by atoms with E-state index in [2.05, 4.69) is 10.2 Å². The molecule has 0 aliphatic rings. The van der Waals surface area contributed by atoms with Gasteiger partial charge in [0.2, 0.25) is 0 Å². The van der Waals surface area contributed by atoms with E-state index in [0.29, 0.717) is 11.6 Å². The second-order valence-electron chi connectivity index (χ2n) is 5.41. The van der Waals surface area contributed by atoms with Crippen molar-refractivity contribution in [1.82, 2.24) is 10.2 Å². The Hall–Kier alpha value is -2.02. The van der Waals surface area contributed by atoms with E-state index in [1.807, 2.05) is 42.5 Å². The summed E-state index contributed by atoms with van der Waals surface area (Å²) in [7, 11) is -3.40. The summed E-state index contributed by atoms with van der Waals surface area (Å²) in [4.78, 5) is 0. The van der Waals surface area contributed by atoms with Crippen LogP contribution in [0.4, 0.5) is 0 Å². The van der Waals surface area contributed by atoms with Crippen LogP contribution in [0.25, 0.3) is 22.0 Å². The molecule has 0 bridgehead atoms. The summed E-state index contributed by atoms with van der Waals surface area (Å²) in [6, 6.07) is 15.5. The Morgan fingerprint density at radius 1 is 1.00 bits per heavy atom. The molecule has 0 radical (unpaired) electrons. The van der Waals surface area contributed by atoms with Crippen molar-refractivity contribution in [3.05, 3.63) is 59.2 Å². The molecule has 1 aromatic heterocycles. The van der Waals surface area contributed by atoms with Crippen LogP contribution >= 0.6 is 11.6 Å². The maximum absolute atomic E-state index is 11.0. The molecule has 1 heterocycles. The number of nitrogens with zero attached hydrogens (tertiary/aromatic N) is 2. The monoisotopic (exact) mass is 362 g/mol. The first-order valence-electron chi connectivity index (χ1n) is 7.27. The van der Waals surface area contributed by atoms with Gasteiger partial charge in [0.15, 0.2) is 5.15 Å². The van der Waals surface area contributed by atoms with Crippen LogP contribution in [0.3, 0.4) is 0 Å². The number of benzene rings is 2. The number of halogens is 1. The van der Waals surface area contributed by atoms with Crippen LogP contribution < -0.4 is 0 Å². The molecule has 0 saturated carbocycles. The van der Waals surface area contributed by atoms with Gasteiger partial charge in [-0.15, -0.1) is 10.2 Å². The van der Waals surface area contributed by atoms with Gasteiger partial charge in [-0.3, -0.25) is 4.18 Å². The van der Waals surface area contributed by atoms with Crippen LogP contribution in [0.2, 0.25) is 5.15 Å². The minimum absolute atomic E-state index is 0.142. The summed E-state index contributed by atoms with van der Waals surface area (Å²) in [6.07, 6.45) is 1.59. The standard InChI is InChI=1S/C17H15ClN2O3S/c1-24(21,22)23-9-8-12-2-3-14-11-15(5-4-13(14)10-12)16-6-7-17(18)20-19-16/h2-7,10-11H,8-9H2,1H3. The van der Waals surface area contributed by atoms with Crippen molar-refractivity contribution in [2.45, 2.75) is 6.42 Å². The molecule has 0 saturated heterocycles. The summed E-state index contributed by atoms with van der Waals surface area (Å²) in [6.45, 7) is 0.142. The Kier molecular flexibility index (Phi) is 4.80. The highest BCUT2D eigenvalue weighted by molar-refractivity contribution is 7.85. The molecule has 0 fully saturated rings. The molecule has 0 aliphatic heterocycles. The van der Waals surface area contributed by atoms with Gasteiger partial charge in [0, 0.05) is 5.56 Å². The van der Waals surface area contributed by atoms with Crippen LogP contribution in [0.5, 0.6) is 0 Å². The minimum atomic E-state index is -3.40. The molecule has 24 heavy (non-hydrogen) atoms. The lowest BCUT2D eigenvalue weighted by atomic mass is 10.0. The molecule has 0 spiro atoms. The second kappa shape index (κ2) is 6.84. The van der Waals surface area contributed by atoms with Crippen molar-refractivity contribution in [3.63, 3.8) is 0 Å². The number of aromatic nitrogens is 2. The Morgan fingerprint density at radius 2 is 1.75 bits per heavy atom. The van der Waals surface area contributed by atoms with Gasteiger partial charge in [-0.1, -0.05) is 41.9 Å². The Morgan fingerprint density at radius 3 is 2.46 bits per heavy atom. The van der Waals surface area contributed by atoms with Crippen molar-refractivity contribution >= 4 is 32.5 Å². The topological polar surface area (TPSA) is 69.2 Å². The summed E-state index contributed by atoms with van der Waals surface area (Å²) in [5, 5.41) is 10.4. The first-order chi connectivity index (χ1) is 11.4. The fourth-order valence-electron chi connectivity index (χ4n) is 2.39. The fourth-order valence-corrected chi connectivity index (χ4v) is 2.88. The van der Waals surface area contributed by atoms with Crippen LogP contribution in [-0.4, -0.2) is 31.5 Å². The molecule has 0 N–H and O–H groups in total. The van der Waals surface area contributed by atoms with Crippen LogP contribution in [0, 0.1) is 0 Å². The maximum atomic E-state index is 11.0. The molecule has 124 valence electrons. The molecule has 0 aliphatic carbocycles. The molecule has 7 heteroatoms. The Bertz CT molecular complexity index is 973. The van der Waals surface area contributed by atoms with Crippen LogP contribution in [0.1, 0.15) is 5.56 Å². The van der Waals surface area contributed by atoms with Crippen LogP contribution in [0.15, 0.2) is 48.5 Å². The molecule has 2 aromatic carbocycles. The summed E-state index contributed by atoms with van der Waals surface area (Å²) in [5.74, 6) is 0. The zero-order chi connectivity index (χ0) is 17.2. The van der Waals surface area contributed by atoms with Crippen molar-refractivity contribution in [2.24, 2.45) is 0 Å². The Labute approximate surface area is 145 Å². The number of hydrogen-bond acceptors (Lipinski definition) is 5. The van der Waals surface area contributed by atoms with E-state index in [1.165, 1.54) is 0 Å². The van der Waals surface area contributed by atoms with E-state index in [9.17, 15) is 8.42 Å². The van der Waals surface area contributed by atoms with Gasteiger partial charge >= 0.3 is 0 Å². The van der Waals surface area contributed by atoms with Gasteiger partial charge in [0.25, 0.3) is 10.1 Å². The summed E-state index contributed by atoms with van der Waals surface area (Å²) >= 11 is 5.76. The molecule has 0 amide bonds. The summed E-state index contributed by atoms with van der Waals surface area (Å²) in [5.41, 5.74) is 2.73. The van der Waals surface area contributed by atoms with Crippen molar-refractivity contribution < 1.29 is 12.6 Å². The fraction of sp³-hybridized carbons (Fsp3) is 0.176. The van der Waals surface area contributed by atoms with Gasteiger partial charge in [-0.25, -0.2) is 0 Å². The molecular formula is C17H15ClN2O3S. The van der Waals surface area contributed by atoms with Crippen LogP contribution in [-0.2, 0) is 20.7 Å². The molecule has 3 rings (SSSR count). The summed E-state index contributed by atoms with van der Waals surface area (Å²) < 4.78 is 26.7. The first kappa shape index (κ1) is 16.8. The van der Waals surface area contributed by atoms with Gasteiger partial charge in [0.05, 0.1) is 18.6 Å². The van der Waals surface area contributed by atoms with E-state index in [0.717, 1.165) is 33.8 Å². The first-order valence-corrected chi connectivity index (χ1v) is 9.47. The highest BCUT2D eigenvalue weighted by atomic mass is 35.5. The third-order valence-electron chi connectivity index (χ3n) is 3.52. The Balaban J connectivity index is 1.82. The second-order valence-corrected chi connectivity index (χ2v) is 7.44. The number of fused-ring (bicyclic) bond motifs is 1. The SMILES string of the molecule is CS(=O)(=O)OCCc1ccc2cc(-c3ccc(Cl)nn3)ccc2c1. The van der Waals surface area contributed by atoms with E-state index in [4.69, 9.17) is 15.8 Å². The van der Waals surface area contributed by atoms with E-state index in [1.54, 1.807) is 6.07 Å². The normalized spacial score (nSPS) is 11.8. The highest BCUT2D eigenvalue weighted by Crippen LogP contribution is 2.24. The third kappa shape index (κ3) is 4.29. The molecule has 5 nitrogen and oxygen atoms in total. The molecule has 0 atom stereocenters. The van der Waals surface area contributed by atoms with Gasteiger partial charge in [-0.05, 0) is 41.0 Å². The van der Waals surface area contributed by atoms with Gasteiger partial charge in [-0.2, -0.15) is 8.42 Å². The lowest BCUT2D eigenvalue weighted by Gasteiger charge is -2.06. The van der Waals surface area contributed by atoms with E-state index in [-0.39, 0.29) is 6.61 Å². The van der Waals surface area contributed by atoms with Crippen molar-refractivity contribution in [1.29, 1.82) is 0 Å². The predicted octanol–water partition coefficient (Wildman–Crippen LogP) is 3.47. The smallest absolute Gasteiger partial charge is 0.264 e. The van der Waals surface area contributed by atoms with Crippen molar-refractivity contribution in [2.75, 3.05) is 12.9 Å². The van der Waals surface area contributed by atoms with E-state index < -0.39 is 10.1 Å². The number of hydrogen-bond donors (Lipinski definition) is 0. The maximum Gasteiger partial charge on any atom is 0.264 e. The van der Waals surface area contributed by atoms with Gasteiger partial charge < -0.3 is 0 Å². The largest absolute Gasteiger partial charge is 0.270 e. The zero-order valence-corrected chi connectivity index (χ0v) is 14.5.